The summed E-state index contributed by atoms with van der Waals surface area (Å²) in [6.07, 6.45) is 0.210. The minimum Gasteiger partial charge on any atom is -0.352 e. The molecule has 178 valence electrons. The first-order valence-corrected chi connectivity index (χ1v) is 10.8. The zero-order chi connectivity index (χ0) is 24.5. The van der Waals surface area contributed by atoms with Gasteiger partial charge in [-0.2, -0.15) is 13.2 Å². The third-order valence-electron chi connectivity index (χ3n) is 5.52. The van der Waals surface area contributed by atoms with Crippen LogP contribution in [0, 0.1) is 0 Å². The molecule has 3 aromatic rings. The number of hydrogen-bond acceptors (Lipinski definition) is 6. The van der Waals surface area contributed by atoms with Crippen molar-refractivity contribution in [3.8, 4) is 22.5 Å². The molecule has 4 rings (SSSR count). The Kier molecular flexibility index (Phi) is 6.72. The van der Waals surface area contributed by atoms with Gasteiger partial charge in [0.05, 0.1) is 29.0 Å². The Morgan fingerprint density at radius 3 is 2.47 bits per heavy atom. The molecule has 0 unspecified atom stereocenters. The standard InChI is InChI=1S/C23H22ClF3N6O/c1-32(2)20(34)11-29-16-12-33(13-16)19-10-30-21(14-3-5-15(6-4-14)23(25,26)27)22(31-19)17-7-8-28-9-18(17)24/h3-10,16,29H,11-13H2,1-2H3. The summed E-state index contributed by atoms with van der Waals surface area (Å²) in [5, 5.41) is 3.56. The van der Waals surface area contributed by atoms with Crippen LogP contribution in [0.4, 0.5) is 19.0 Å². The van der Waals surface area contributed by atoms with Gasteiger partial charge in [-0.05, 0) is 18.2 Å². The van der Waals surface area contributed by atoms with Crippen molar-refractivity contribution in [2.45, 2.75) is 12.2 Å². The van der Waals surface area contributed by atoms with Crippen molar-refractivity contribution in [2.24, 2.45) is 0 Å². The largest absolute Gasteiger partial charge is 0.416 e. The van der Waals surface area contributed by atoms with Crippen LogP contribution >= 0.6 is 11.6 Å². The number of alkyl halides is 3. The lowest BCUT2D eigenvalue weighted by Crippen LogP contribution is -2.59. The molecule has 34 heavy (non-hydrogen) atoms. The fourth-order valence-electron chi connectivity index (χ4n) is 3.50. The number of hydrogen-bond donors (Lipinski definition) is 1. The maximum Gasteiger partial charge on any atom is 0.416 e. The second-order valence-corrected chi connectivity index (χ2v) is 8.53. The van der Waals surface area contributed by atoms with E-state index in [1.165, 1.54) is 23.2 Å². The van der Waals surface area contributed by atoms with Crippen molar-refractivity contribution in [3.05, 3.63) is 59.5 Å². The summed E-state index contributed by atoms with van der Waals surface area (Å²) < 4.78 is 39.0. The molecular formula is C23H22ClF3N6O. The summed E-state index contributed by atoms with van der Waals surface area (Å²) in [6, 6.07) is 6.60. The van der Waals surface area contributed by atoms with Crippen LogP contribution in [0.3, 0.4) is 0 Å². The van der Waals surface area contributed by atoms with Crippen LogP contribution in [0.2, 0.25) is 5.02 Å². The molecule has 0 atom stereocenters. The normalized spacial score (nSPS) is 14.1. The van der Waals surface area contributed by atoms with E-state index in [0.717, 1.165) is 12.1 Å². The molecule has 7 nitrogen and oxygen atoms in total. The summed E-state index contributed by atoms with van der Waals surface area (Å²) in [5.41, 5.74) is 1.19. The third-order valence-corrected chi connectivity index (χ3v) is 5.82. The van der Waals surface area contributed by atoms with Crippen LogP contribution in [-0.4, -0.2) is 65.5 Å². The van der Waals surface area contributed by atoms with Crippen LogP contribution in [0.15, 0.2) is 48.9 Å². The first kappa shape index (κ1) is 23.9. The van der Waals surface area contributed by atoms with Crippen LogP contribution in [-0.2, 0) is 11.0 Å². The van der Waals surface area contributed by atoms with Gasteiger partial charge in [-0.3, -0.25) is 14.8 Å². The Hall–Kier alpha value is -3.24. The molecule has 1 saturated heterocycles. The molecule has 1 aliphatic heterocycles. The highest BCUT2D eigenvalue weighted by Crippen LogP contribution is 2.36. The van der Waals surface area contributed by atoms with E-state index in [-0.39, 0.29) is 18.5 Å². The highest BCUT2D eigenvalue weighted by Gasteiger charge is 2.31. The minimum absolute atomic E-state index is 0.00579. The number of halogens is 4. The van der Waals surface area contributed by atoms with E-state index < -0.39 is 11.7 Å². The van der Waals surface area contributed by atoms with Gasteiger partial charge in [-0.25, -0.2) is 4.98 Å². The average Bonchev–Trinajstić information content (AvgIpc) is 2.77. The summed E-state index contributed by atoms with van der Waals surface area (Å²) in [5.74, 6) is 0.601. The number of nitrogens with zero attached hydrogens (tertiary/aromatic N) is 5. The number of benzene rings is 1. The number of pyridine rings is 1. The maximum atomic E-state index is 13.0. The second-order valence-electron chi connectivity index (χ2n) is 8.13. The van der Waals surface area contributed by atoms with Crippen LogP contribution in [0.1, 0.15) is 5.56 Å². The van der Waals surface area contributed by atoms with Crippen molar-refractivity contribution < 1.29 is 18.0 Å². The summed E-state index contributed by atoms with van der Waals surface area (Å²) in [6.45, 7) is 1.53. The Balaban J connectivity index is 1.61. The van der Waals surface area contributed by atoms with E-state index in [9.17, 15) is 18.0 Å². The number of carbonyl (C=O) groups excluding carboxylic acids is 1. The van der Waals surface area contributed by atoms with E-state index in [4.69, 9.17) is 16.6 Å². The molecule has 1 amide bonds. The van der Waals surface area contributed by atoms with Crippen molar-refractivity contribution in [3.63, 3.8) is 0 Å². The van der Waals surface area contributed by atoms with Crippen molar-refractivity contribution in [1.82, 2.24) is 25.2 Å². The number of carbonyl (C=O) groups is 1. The highest BCUT2D eigenvalue weighted by molar-refractivity contribution is 6.33. The lowest BCUT2D eigenvalue weighted by Gasteiger charge is -2.40. The highest BCUT2D eigenvalue weighted by atomic mass is 35.5. The zero-order valence-electron chi connectivity index (χ0n) is 18.5. The fraction of sp³-hybridized carbons (Fsp3) is 0.304. The van der Waals surface area contributed by atoms with Gasteiger partial charge in [0, 0.05) is 56.7 Å². The Bertz CT molecular complexity index is 1180. The van der Waals surface area contributed by atoms with Gasteiger partial charge in [0.15, 0.2) is 0 Å². The van der Waals surface area contributed by atoms with Crippen molar-refractivity contribution in [2.75, 3.05) is 38.6 Å². The summed E-state index contributed by atoms with van der Waals surface area (Å²) in [7, 11) is 3.41. The molecule has 2 aromatic heterocycles. The SMILES string of the molecule is CN(C)C(=O)CNC1CN(c2cnc(-c3ccc(C(F)(F)F)cc3)c(-c3ccncc3Cl)n2)C1. The lowest BCUT2D eigenvalue weighted by molar-refractivity contribution is -0.137. The summed E-state index contributed by atoms with van der Waals surface area (Å²) >= 11 is 6.36. The minimum atomic E-state index is -4.43. The molecule has 0 aliphatic carbocycles. The molecule has 3 heterocycles. The van der Waals surface area contributed by atoms with Gasteiger partial charge in [0.25, 0.3) is 0 Å². The quantitative estimate of drug-likeness (QED) is 0.567. The van der Waals surface area contributed by atoms with Crippen LogP contribution in [0.25, 0.3) is 22.5 Å². The molecule has 1 N–H and O–H groups in total. The van der Waals surface area contributed by atoms with Gasteiger partial charge in [0.1, 0.15) is 11.5 Å². The number of rotatable bonds is 6. The Labute approximate surface area is 199 Å². The molecule has 0 spiro atoms. The predicted octanol–water partition coefficient (Wildman–Crippen LogP) is 3.74. The van der Waals surface area contributed by atoms with Crippen LogP contribution in [0.5, 0.6) is 0 Å². The van der Waals surface area contributed by atoms with Crippen LogP contribution < -0.4 is 10.2 Å². The topological polar surface area (TPSA) is 74.2 Å². The molecule has 0 bridgehead atoms. The van der Waals surface area contributed by atoms with E-state index in [1.54, 1.807) is 32.6 Å². The average molecular weight is 491 g/mol. The summed E-state index contributed by atoms with van der Waals surface area (Å²) in [4.78, 5) is 28.6. The first-order chi connectivity index (χ1) is 16.1. The van der Waals surface area contributed by atoms with Gasteiger partial charge < -0.3 is 15.1 Å². The molecule has 0 saturated carbocycles. The fourth-order valence-corrected chi connectivity index (χ4v) is 3.71. The van der Waals surface area contributed by atoms with E-state index >= 15 is 0 Å². The zero-order valence-corrected chi connectivity index (χ0v) is 19.2. The van der Waals surface area contributed by atoms with Gasteiger partial charge in [0.2, 0.25) is 5.91 Å². The molecular weight excluding hydrogens is 469 g/mol. The Morgan fingerprint density at radius 1 is 1.15 bits per heavy atom. The number of likely N-dealkylation sites (N-methyl/N-ethyl adjacent to an activating group) is 1. The van der Waals surface area contributed by atoms with Gasteiger partial charge in [-0.1, -0.05) is 23.7 Å². The third kappa shape index (κ3) is 5.13. The van der Waals surface area contributed by atoms with E-state index in [0.29, 0.717) is 46.4 Å². The molecule has 1 aliphatic rings. The second kappa shape index (κ2) is 9.55. The van der Waals surface area contributed by atoms with Gasteiger partial charge in [-0.15, -0.1) is 0 Å². The van der Waals surface area contributed by atoms with Gasteiger partial charge >= 0.3 is 6.18 Å². The predicted molar refractivity (Wildman–Crippen MR) is 123 cm³/mol. The number of amides is 1. The molecule has 0 radical (unpaired) electrons. The smallest absolute Gasteiger partial charge is 0.352 e. The molecule has 11 heteroatoms. The molecule has 1 aromatic carbocycles. The monoisotopic (exact) mass is 490 g/mol. The molecule has 1 fully saturated rings. The van der Waals surface area contributed by atoms with E-state index in [1.807, 2.05) is 4.90 Å². The first-order valence-electron chi connectivity index (χ1n) is 10.5. The van der Waals surface area contributed by atoms with Crippen molar-refractivity contribution >= 4 is 23.3 Å². The number of nitrogens with one attached hydrogen (secondary N) is 1. The lowest BCUT2D eigenvalue weighted by atomic mass is 10.0. The Morgan fingerprint density at radius 2 is 1.85 bits per heavy atom. The number of aromatic nitrogens is 3. The van der Waals surface area contributed by atoms with Crippen molar-refractivity contribution in [1.29, 1.82) is 0 Å². The number of anilines is 1. The van der Waals surface area contributed by atoms with E-state index in [2.05, 4.69) is 15.3 Å². The maximum absolute atomic E-state index is 13.0.